The van der Waals surface area contributed by atoms with Gasteiger partial charge >= 0.3 is 0 Å². The van der Waals surface area contributed by atoms with Gasteiger partial charge in [0.1, 0.15) is 0 Å². The Balaban J connectivity index is 1.92. The van der Waals surface area contributed by atoms with Crippen LogP contribution in [0, 0.1) is 0 Å². The van der Waals surface area contributed by atoms with Crippen molar-refractivity contribution < 1.29 is 34.3 Å². The Morgan fingerprint density at radius 3 is 1.87 bits per heavy atom. The van der Waals surface area contributed by atoms with E-state index in [9.17, 15) is 15.3 Å². The fraction of sp³-hybridized carbons (Fsp3) is 0.750. The minimum absolute atomic E-state index is 0.407. The maximum absolute atomic E-state index is 10.0. The summed E-state index contributed by atoms with van der Waals surface area (Å²) in [6, 6.07) is 7.06. The molecule has 0 radical (unpaired) electrons. The van der Waals surface area contributed by atoms with Crippen molar-refractivity contribution >= 4 is 0 Å². The SMILES string of the molecule is COCCCCOCCCCCC(O)OCCCCOC(O)c1ccc(C(C)O)cc1. The molecule has 1 rings (SSSR count). The molecule has 7 heteroatoms. The Morgan fingerprint density at radius 1 is 0.677 bits per heavy atom. The molecule has 180 valence electrons. The standard InChI is InChI=1S/C24H42O7/c1-20(25)21-11-13-22(14-12-21)24(27)31-19-9-8-18-30-23(26)10-4-3-5-16-29-17-7-6-15-28-2/h11-14,20,23-27H,3-10,15-19H2,1-2H3. The van der Waals surface area contributed by atoms with E-state index in [0.29, 0.717) is 25.2 Å². The molecule has 0 aromatic heterocycles. The molecule has 1 aromatic rings. The van der Waals surface area contributed by atoms with Crippen LogP contribution in [0.4, 0.5) is 0 Å². The lowest BCUT2D eigenvalue weighted by Crippen LogP contribution is -2.13. The van der Waals surface area contributed by atoms with E-state index in [1.165, 1.54) is 0 Å². The fourth-order valence-electron chi connectivity index (χ4n) is 2.99. The number of methoxy groups -OCH3 is 1. The molecule has 0 bridgehead atoms. The van der Waals surface area contributed by atoms with Crippen LogP contribution in [0.3, 0.4) is 0 Å². The Morgan fingerprint density at radius 2 is 1.23 bits per heavy atom. The number of benzene rings is 1. The van der Waals surface area contributed by atoms with Gasteiger partial charge in [0.15, 0.2) is 12.6 Å². The lowest BCUT2D eigenvalue weighted by atomic mass is 10.1. The van der Waals surface area contributed by atoms with Gasteiger partial charge in [-0.3, -0.25) is 0 Å². The number of ether oxygens (including phenoxy) is 4. The maximum atomic E-state index is 10.0. The lowest BCUT2D eigenvalue weighted by Gasteiger charge is -2.14. The zero-order chi connectivity index (χ0) is 22.7. The van der Waals surface area contributed by atoms with Gasteiger partial charge in [-0.15, -0.1) is 0 Å². The third-order valence-corrected chi connectivity index (χ3v) is 4.96. The number of aliphatic hydroxyl groups excluding tert-OH is 3. The molecule has 0 saturated carbocycles. The van der Waals surface area contributed by atoms with E-state index in [4.69, 9.17) is 18.9 Å². The molecule has 0 aliphatic rings. The lowest BCUT2D eigenvalue weighted by molar-refractivity contribution is -0.115. The van der Waals surface area contributed by atoms with E-state index in [2.05, 4.69) is 0 Å². The molecule has 0 saturated heterocycles. The van der Waals surface area contributed by atoms with Gasteiger partial charge in [-0.25, -0.2) is 0 Å². The number of unbranched alkanes of at least 4 members (excludes halogenated alkanes) is 4. The summed E-state index contributed by atoms with van der Waals surface area (Å²) < 4.78 is 21.4. The maximum Gasteiger partial charge on any atom is 0.181 e. The van der Waals surface area contributed by atoms with Gasteiger partial charge in [0.05, 0.1) is 12.7 Å². The summed E-state index contributed by atoms with van der Waals surface area (Å²) >= 11 is 0. The summed E-state index contributed by atoms with van der Waals surface area (Å²) in [6.45, 7) is 4.91. The van der Waals surface area contributed by atoms with Crippen LogP contribution >= 0.6 is 0 Å². The molecule has 1 aromatic carbocycles. The average Bonchev–Trinajstić information content (AvgIpc) is 2.77. The first-order chi connectivity index (χ1) is 15.0. The van der Waals surface area contributed by atoms with Crippen LogP contribution in [0.5, 0.6) is 0 Å². The van der Waals surface area contributed by atoms with Gasteiger partial charge < -0.3 is 34.3 Å². The van der Waals surface area contributed by atoms with Gasteiger partial charge in [0, 0.05) is 39.1 Å². The second-order valence-electron chi connectivity index (χ2n) is 7.76. The van der Waals surface area contributed by atoms with E-state index in [1.807, 2.05) is 0 Å². The minimum atomic E-state index is -0.983. The van der Waals surface area contributed by atoms with Crippen molar-refractivity contribution in [1.82, 2.24) is 0 Å². The average molecular weight is 443 g/mol. The summed E-state index contributed by atoms with van der Waals surface area (Å²) in [5.41, 5.74) is 1.46. The molecule has 3 N–H and O–H groups in total. The van der Waals surface area contributed by atoms with Gasteiger partial charge in [-0.05, 0) is 57.4 Å². The second kappa shape index (κ2) is 18.5. The van der Waals surface area contributed by atoms with Crippen LogP contribution in [0.2, 0.25) is 0 Å². The van der Waals surface area contributed by atoms with Crippen LogP contribution < -0.4 is 0 Å². The van der Waals surface area contributed by atoms with Crippen LogP contribution in [-0.2, 0) is 18.9 Å². The summed E-state index contributed by atoms with van der Waals surface area (Å²) in [5, 5.41) is 29.4. The summed E-state index contributed by atoms with van der Waals surface area (Å²) in [4.78, 5) is 0. The topological polar surface area (TPSA) is 97.6 Å². The summed E-state index contributed by atoms with van der Waals surface area (Å²) in [6.07, 6.45) is 4.87. The van der Waals surface area contributed by atoms with Crippen molar-refractivity contribution in [2.45, 2.75) is 77.0 Å². The molecule has 31 heavy (non-hydrogen) atoms. The van der Waals surface area contributed by atoms with E-state index < -0.39 is 18.7 Å². The zero-order valence-electron chi connectivity index (χ0n) is 19.2. The Labute approximate surface area is 187 Å². The summed E-state index contributed by atoms with van der Waals surface area (Å²) in [5.74, 6) is 0. The third-order valence-electron chi connectivity index (χ3n) is 4.96. The second-order valence-corrected chi connectivity index (χ2v) is 7.76. The van der Waals surface area contributed by atoms with Gasteiger partial charge in [0.25, 0.3) is 0 Å². The molecule has 0 fully saturated rings. The third kappa shape index (κ3) is 14.6. The van der Waals surface area contributed by atoms with Gasteiger partial charge in [-0.1, -0.05) is 30.7 Å². The zero-order valence-corrected chi connectivity index (χ0v) is 19.2. The van der Waals surface area contributed by atoms with Crippen molar-refractivity contribution in [1.29, 1.82) is 0 Å². The molecule has 0 amide bonds. The van der Waals surface area contributed by atoms with Crippen molar-refractivity contribution in [2.24, 2.45) is 0 Å². The van der Waals surface area contributed by atoms with Crippen molar-refractivity contribution in [3.63, 3.8) is 0 Å². The van der Waals surface area contributed by atoms with Crippen LogP contribution in [0.15, 0.2) is 24.3 Å². The van der Waals surface area contributed by atoms with Crippen molar-refractivity contribution in [2.75, 3.05) is 40.1 Å². The van der Waals surface area contributed by atoms with Crippen LogP contribution in [0.1, 0.15) is 81.8 Å². The predicted octanol–water partition coefficient (Wildman–Crippen LogP) is 3.87. The Hall–Kier alpha value is -1.06. The Bertz CT molecular complexity index is 521. The van der Waals surface area contributed by atoms with Gasteiger partial charge in [-0.2, -0.15) is 0 Å². The molecule has 0 heterocycles. The quantitative estimate of drug-likeness (QED) is 0.208. The molecule has 3 unspecified atom stereocenters. The highest BCUT2D eigenvalue weighted by Crippen LogP contribution is 2.18. The highest BCUT2D eigenvalue weighted by atomic mass is 16.6. The minimum Gasteiger partial charge on any atom is -0.389 e. The molecule has 0 aliphatic carbocycles. The predicted molar refractivity (Wildman–Crippen MR) is 120 cm³/mol. The van der Waals surface area contributed by atoms with E-state index in [-0.39, 0.29) is 0 Å². The molecule has 3 atom stereocenters. The highest BCUT2D eigenvalue weighted by Gasteiger charge is 2.09. The van der Waals surface area contributed by atoms with E-state index in [1.54, 1.807) is 38.3 Å². The first kappa shape index (κ1) is 28.0. The fourth-order valence-corrected chi connectivity index (χ4v) is 2.99. The molecular formula is C24H42O7. The van der Waals surface area contributed by atoms with Crippen molar-refractivity contribution in [3.05, 3.63) is 35.4 Å². The molecular weight excluding hydrogens is 400 g/mol. The first-order valence-corrected chi connectivity index (χ1v) is 11.5. The molecule has 0 spiro atoms. The normalized spacial score (nSPS) is 14.5. The largest absolute Gasteiger partial charge is 0.389 e. The number of rotatable bonds is 20. The van der Waals surface area contributed by atoms with Gasteiger partial charge in [0.2, 0.25) is 0 Å². The Kier molecular flexibility index (Phi) is 16.7. The molecule has 7 nitrogen and oxygen atoms in total. The summed E-state index contributed by atoms with van der Waals surface area (Å²) in [7, 11) is 1.71. The molecule has 0 aliphatic heterocycles. The first-order valence-electron chi connectivity index (χ1n) is 11.5. The van der Waals surface area contributed by atoms with Crippen molar-refractivity contribution in [3.8, 4) is 0 Å². The van der Waals surface area contributed by atoms with E-state index >= 15 is 0 Å². The van der Waals surface area contributed by atoms with Crippen LogP contribution in [-0.4, -0.2) is 61.8 Å². The van der Waals surface area contributed by atoms with E-state index in [0.717, 1.165) is 70.3 Å². The van der Waals surface area contributed by atoms with Crippen LogP contribution in [0.25, 0.3) is 0 Å². The number of hydrogen-bond acceptors (Lipinski definition) is 7. The smallest absolute Gasteiger partial charge is 0.181 e. The number of aliphatic hydroxyl groups is 3. The number of hydrogen-bond donors (Lipinski definition) is 3. The monoisotopic (exact) mass is 442 g/mol. The highest BCUT2D eigenvalue weighted by molar-refractivity contribution is 5.24.